The number of methoxy groups -OCH3 is 6. The Morgan fingerprint density at radius 1 is 0.606 bits per heavy atom. The van der Waals surface area contributed by atoms with Crippen molar-refractivity contribution in [1.29, 1.82) is 0 Å². The Kier molecular flexibility index (Phi) is 5.79. The predicted molar refractivity (Wildman–Crippen MR) is 117 cm³/mol. The maximum Gasteiger partial charge on any atom is 0.266 e. The van der Waals surface area contributed by atoms with Gasteiger partial charge in [0.25, 0.3) is 5.79 Å². The molecule has 0 saturated heterocycles. The number of rotatable bonds is 6. The normalized spacial score (nSPS) is 18.6. The summed E-state index contributed by atoms with van der Waals surface area (Å²) >= 11 is 0. The van der Waals surface area contributed by atoms with Crippen LogP contribution in [-0.4, -0.2) is 48.4 Å². The maximum atomic E-state index is 14.2. The van der Waals surface area contributed by atoms with Gasteiger partial charge in [-0.2, -0.15) is 0 Å². The Morgan fingerprint density at radius 2 is 1.03 bits per heavy atom. The van der Waals surface area contributed by atoms with Crippen LogP contribution in [0.1, 0.15) is 38.2 Å². The third-order valence-corrected chi connectivity index (χ3v) is 6.39. The fraction of sp³-hybridized carbons (Fsp3) is 0.458. The van der Waals surface area contributed by atoms with E-state index < -0.39 is 11.6 Å². The molecule has 2 aromatic rings. The van der Waals surface area contributed by atoms with E-state index in [0.717, 1.165) is 16.7 Å². The molecule has 0 aliphatic carbocycles. The summed E-state index contributed by atoms with van der Waals surface area (Å²) < 4.78 is 46.0. The standard InChI is InChI=1S/C24H28O9/c1-11-13-9-32-24(23(25)15(13)19(28-5)21(30-7)17(11)26-3)16-14(10-33-24)12(2)18(27-4)22(31-8)20(16)29-6/h9-10H2,1-8H3/t24-/m0/s1. The van der Waals surface area contributed by atoms with Crippen LogP contribution in [0.25, 0.3) is 0 Å². The van der Waals surface area contributed by atoms with Crippen LogP contribution in [0.4, 0.5) is 0 Å². The largest absolute Gasteiger partial charge is 0.492 e. The lowest BCUT2D eigenvalue weighted by Crippen LogP contribution is -2.43. The summed E-state index contributed by atoms with van der Waals surface area (Å²) in [5, 5.41) is 0. The lowest BCUT2D eigenvalue weighted by Gasteiger charge is -2.36. The summed E-state index contributed by atoms with van der Waals surface area (Å²) in [6.07, 6.45) is 0. The summed E-state index contributed by atoms with van der Waals surface area (Å²) in [6.45, 7) is 3.94. The Bertz CT molecular complexity index is 1140. The number of ether oxygens (including phenoxy) is 8. The van der Waals surface area contributed by atoms with Crippen LogP contribution in [0.15, 0.2) is 0 Å². The second-order valence-corrected chi connectivity index (χ2v) is 7.68. The van der Waals surface area contributed by atoms with Crippen molar-refractivity contribution in [2.24, 2.45) is 0 Å². The number of carbonyl (C=O) groups excluding carboxylic acids is 1. The molecule has 9 nitrogen and oxygen atoms in total. The highest BCUT2D eigenvalue weighted by atomic mass is 16.7. The number of hydrogen-bond donors (Lipinski definition) is 0. The molecule has 0 amide bonds. The molecule has 33 heavy (non-hydrogen) atoms. The first kappa shape index (κ1) is 23.0. The van der Waals surface area contributed by atoms with Crippen molar-refractivity contribution in [1.82, 2.24) is 0 Å². The smallest absolute Gasteiger partial charge is 0.266 e. The van der Waals surface area contributed by atoms with Gasteiger partial charge in [-0.25, -0.2) is 0 Å². The summed E-state index contributed by atoms with van der Waals surface area (Å²) in [6, 6.07) is 0. The zero-order valence-corrected chi connectivity index (χ0v) is 20.1. The third kappa shape index (κ3) is 2.88. The zero-order valence-electron chi connectivity index (χ0n) is 20.1. The fourth-order valence-corrected chi connectivity index (χ4v) is 4.84. The minimum Gasteiger partial charge on any atom is -0.492 e. The molecule has 0 N–H and O–H groups in total. The Balaban J connectivity index is 2.03. The van der Waals surface area contributed by atoms with Crippen molar-refractivity contribution in [3.05, 3.63) is 33.4 Å². The van der Waals surface area contributed by atoms with E-state index in [1.807, 2.05) is 13.8 Å². The van der Waals surface area contributed by atoms with E-state index in [2.05, 4.69) is 0 Å². The molecule has 4 rings (SSSR count). The van der Waals surface area contributed by atoms with Gasteiger partial charge < -0.3 is 37.9 Å². The maximum absolute atomic E-state index is 14.2. The van der Waals surface area contributed by atoms with Crippen LogP contribution in [0.5, 0.6) is 34.5 Å². The van der Waals surface area contributed by atoms with Crippen molar-refractivity contribution in [3.8, 4) is 34.5 Å². The SMILES string of the molecule is COc1c(C)c2c(c(OC)c1OC)C(=O)[C@@]1(OC2)OCc2c(C)c(OC)c(OC)c(OC)c21. The van der Waals surface area contributed by atoms with Gasteiger partial charge in [-0.05, 0) is 25.0 Å². The highest BCUT2D eigenvalue weighted by Gasteiger charge is 2.57. The van der Waals surface area contributed by atoms with Gasteiger partial charge in [-0.15, -0.1) is 0 Å². The molecule has 178 valence electrons. The van der Waals surface area contributed by atoms with Crippen molar-refractivity contribution in [2.45, 2.75) is 32.8 Å². The van der Waals surface area contributed by atoms with Crippen molar-refractivity contribution in [2.75, 3.05) is 42.7 Å². The zero-order chi connectivity index (χ0) is 24.1. The molecule has 0 radical (unpaired) electrons. The number of fused-ring (bicyclic) bond motifs is 3. The van der Waals surface area contributed by atoms with E-state index in [9.17, 15) is 4.79 Å². The van der Waals surface area contributed by atoms with Gasteiger partial charge in [0.2, 0.25) is 17.3 Å². The predicted octanol–water partition coefficient (Wildman–Crippen LogP) is 3.45. The Hall–Kier alpha value is -3.17. The van der Waals surface area contributed by atoms with Crippen molar-refractivity contribution < 1.29 is 42.7 Å². The topological polar surface area (TPSA) is 90.9 Å². The Labute approximate surface area is 192 Å². The molecule has 9 heteroatoms. The number of Topliss-reactive ketones (excluding diaryl/α,β-unsaturated/α-hetero) is 1. The molecule has 2 aliphatic rings. The average molecular weight is 460 g/mol. The molecule has 0 saturated carbocycles. The number of ketones is 1. The molecule has 0 aromatic heterocycles. The van der Waals surface area contributed by atoms with E-state index in [-0.39, 0.29) is 19.0 Å². The average Bonchev–Trinajstić information content (AvgIpc) is 3.21. The van der Waals surface area contributed by atoms with Gasteiger partial charge in [0.1, 0.15) is 0 Å². The first-order valence-corrected chi connectivity index (χ1v) is 10.3. The summed E-state index contributed by atoms with van der Waals surface area (Å²) in [5.41, 5.74) is 3.68. The molecule has 1 spiro atoms. The molecule has 2 heterocycles. The monoisotopic (exact) mass is 460 g/mol. The van der Waals surface area contributed by atoms with Crippen molar-refractivity contribution in [3.63, 3.8) is 0 Å². The van der Waals surface area contributed by atoms with E-state index in [4.69, 9.17) is 37.9 Å². The van der Waals surface area contributed by atoms with E-state index in [1.54, 1.807) is 7.11 Å². The van der Waals surface area contributed by atoms with Gasteiger partial charge >= 0.3 is 0 Å². The van der Waals surface area contributed by atoms with Crippen LogP contribution >= 0.6 is 0 Å². The second kappa shape index (κ2) is 8.31. The molecule has 0 bridgehead atoms. The fourth-order valence-electron chi connectivity index (χ4n) is 4.84. The van der Waals surface area contributed by atoms with Crippen molar-refractivity contribution >= 4 is 5.78 Å². The van der Waals surface area contributed by atoms with Gasteiger partial charge in [0, 0.05) is 11.1 Å². The third-order valence-electron chi connectivity index (χ3n) is 6.39. The Morgan fingerprint density at radius 3 is 1.52 bits per heavy atom. The number of carbonyl (C=O) groups is 1. The molecule has 1 atom stereocenters. The van der Waals surface area contributed by atoms with E-state index in [1.165, 1.54) is 35.5 Å². The summed E-state index contributed by atoms with van der Waals surface area (Å²) in [5.74, 6) is 0.0982. The van der Waals surface area contributed by atoms with Crippen LogP contribution in [0, 0.1) is 13.8 Å². The summed E-state index contributed by atoms with van der Waals surface area (Å²) in [7, 11) is 9.07. The minimum absolute atomic E-state index is 0.0829. The quantitative estimate of drug-likeness (QED) is 0.643. The number of benzene rings is 2. The lowest BCUT2D eigenvalue weighted by atomic mass is 9.85. The van der Waals surface area contributed by atoms with Gasteiger partial charge in [-0.1, -0.05) is 0 Å². The van der Waals surface area contributed by atoms with E-state index >= 15 is 0 Å². The molecule has 0 fully saturated rings. The number of hydrogen-bond acceptors (Lipinski definition) is 9. The highest BCUT2D eigenvalue weighted by molar-refractivity contribution is 6.08. The van der Waals surface area contributed by atoms with Gasteiger partial charge in [-0.3, -0.25) is 4.79 Å². The summed E-state index contributed by atoms with van der Waals surface area (Å²) in [4.78, 5) is 14.2. The lowest BCUT2D eigenvalue weighted by molar-refractivity contribution is -0.213. The minimum atomic E-state index is -1.74. The van der Waals surface area contributed by atoms with Crippen LogP contribution in [0.3, 0.4) is 0 Å². The van der Waals surface area contributed by atoms with Gasteiger partial charge in [0.15, 0.2) is 23.0 Å². The molecule has 2 aromatic carbocycles. The first-order valence-electron chi connectivity index (χ1n) is 10.3. The molecule has 2 aliphatic heterocycles. The molecule has 0 unspecified atom stereocenters. The highest BCUT2D eigenvalue weighted by Crippen LogP contribution is 2.57. The molecular weight excluding hydrogens is 432 g/mol. The first-order chi connectivity index (χ1) is 15.9. The van der Waals surface area contributed by atoms with Crippen LogP contribution in [-0.2, 0) is 28.5 Å². The van der Waals surface area contributed by atoms with Gasteiger partial charge in [0.05, 0.1) is 67.0 Å². The second-order valence-electron chi connectivity index (χ2n) is 7.68. The van der Waals surface area contributed by atoms with Crippen LogP contribution < -0.4 is 28.4 Å². The van der Waals surface area contributed by atoms with Crippen LogP contribution in [0.2, 0.25) is 0 Å². The molecular formula is C24H28O9. The van der Waals surface area contributed by atoms with E-state index in [0.29, 0.717) is 45.4 Å².